The molecule has 5 rings (SSSR count). The maximum atomic E-state index is 12.0. The van der Waals surface area contributed by atoms with Crippen molar-refractivity contribution in [1.82, 2.24) is 14.7 Å². The van der Waals surface area contributed by atoms with Crippen molar-refractivity contribution >= 4 is 29.2 Å². The average Bonchev–Trinajstić information content (AvgIpc) is 2.89. The van der Waals surface area contributed by atoms with Crippen LogP contribution in [-0.2, 0) is 10.2 Å². The smallest absolute Gasteiger partial charge is 0.408 e. The number of halogens is 1. The van der Waals surface area contributed by atoms with Gasteiger partial charge in [-0.15, -0.1) is 0 Å². The summed E-state index contributed by atoms with van der Waals surface area (Å²) < 4.78 is 9.85. The summed E-state index contributed by atoms with van der Waals surface area (Å²) in [6, 6.07) is 7.56. The first-order valence-electron chi connectivity index (χ1n) is 8.30. The van der Waals surface area contributed by atoms with Crippen LogP contribution in [-0.4, -0.2) is 26.6 Å². The van der Waals surface area contributed by atoms with Gasteiger partial charge in [-0.2, -0.15) is 4.37 Å². The summed E-state index contributed by atoms with van der Waals surface area (Å²) in [5, 5.41) is 4.80. The molecule has 0 spiro atoms. The normalized spacial score (nSPS) is 27.2. The largest absolute Gasteiger partial charge is 0.444 e. The van der Waals surface area contributed by atoms with Crippen molar-refractivity contribution in [3.8, 4) is 11.4 Å². The van der Waals surface area contributed by atoms with Crippen molar-refractivity contribution < 1.29 is 9.53 Å². The van der Waals surface area contributed by atoms with Crippen molar-refractivity contribution in [3.05, 3.63) is 34.3 Å². The number of benzene rings is 1. The second-order valence-electron chi connectivity index (χ2n) is 8.15. The Morgan fingerprint density at radius 1 is 1.24 bits per heavy atom. The fraction of sp³-hybridized carbons (Fsp3) is 0.500. The topological polar surface area (TPSA) is 64.1 Å². The minimum atomic E-state index is -0.474. The summed E-state index contributed by atoms with van der Waals surface area (Å²) in [5.74, 6) is 0.746. The maximum absolute atomic E-state index is 12.0. The second-order valence-corrected chi connectivity index (χ2v) is 9.34. The minimum Gasteiger partial charge on any atom is -0.444 e. The van der Waals surface area contributed by atoms with E-state index in [4.69, 9.17) is 21.3 Å². The number of alkyl carbamates (subject to hydrolysis) is 1. The Morgan fingerprint density at radius 3 is 2.48 bits per heavy atom. The molecule has 0 saturated heterocycles. The lowest BCUT2D eigenvalue weighted by Gasteiger charge is -2.69. The number of ether oxygens (including phenoxy) is 1. The van der Waals surface area contributed by atoms with E-state index in [9.17, 15) is 4.79 Å². The molecule has 7 heteroatoms. The van der Waals surface area contributed by atoms with Crippen LogP contribution in [0.2, 0.25) is 5.02 Å². The predicted octanol–water partition coefficient (Wildman–Crippen LogP) is 4.56. The van der Waals surface area contributed by atoms with Gasteiger partial charge >= 0.3 is 6.09 Å². The Hall–Kier alpha value is -1.66. The second kappa shape index (κ2) is 5.42. The molecule has 5 nitrogen and oxygen atoms in total. The third kappa shape index (κ3) is 3.02. The molecule has 1 heterocycles. The SMILES string of the molecule is CC(C)(C)OC(=O)NC12CC(c3nc(-c4ccc(Cl)cc4)ns3)(C1)C2. The third-order valence-corrected chi connectivity index (χ3v) is 5.99. The summed E-state index contributed by atoms with van der Waals surface area (Å²) in [5.41, 5.74) is 0.462. The number of hydrogen-bond acceptors (Lipinski definition) is 5. The van der Waals surface area contributed by atoms with Gasteiger partial charge < -0.3 is 10.1 Å². The van der Waals surface area contributed by atoms with Gasteiger partial charge in [-0.3, -0.25) is 0 Å². The Labute approximate surface area is 155 Å². The van der Waals surface area contributed by atoms with Crippen molar-refractivity contribution in [3.63, 3.8) is 0 Å². The number of carbonyl (C=O) groups is 1. The van der Waals surface area contributed by atoms with Crippen LogP contribution in [0.15, 0.2) is 24.3 Å². The number of nitrogens with one attached hydrogen (secondary N) is 1. The number of aromatic nitrogens is 2. The summed E-state index contributed by atoms with van der Waals surface area (Å²) in [6.07, 6.45) is 2.40. The highest BCUT2D eigenvalue weighted by Gasteiger charge is 2.71. The molecule has 2 bridgehead atoms. The Kier molecular flexibility index (Phi) is 3.64. The van der Waals surface area contributed by atoms with Crippen LogP contribution in [0.25, 0.3) is 11.4 Å². The van der Waals surface area contributed by atoms with E-state index in [1.807, 2.05) is 45.0 Å². The Morgan fingerprint density at radius 2 is 1.88 bits per heavy atom. The molecule has 0 atom stereocenters. The molecule has 1 amide bonds. The van der Waals surface area contributed by atoms with Crippen molar-refractivity contribution in [2.24, 2.45) is 0 Å². The molecular weight excluding hydrogens is 358 g/mol. The van der Waals surface area contributed by atoms with E-state index in [1.54, 1.807) is 0 Å². The monoisotopic (exact) mass is 377 g/mol. The zero-order valence-corrected chi connectivity index (χ0v) is 16.0. The predicted molar refractivity (Wildman–Crippen MR) is 98.0 cm³/mol. The zero-order chi connectivity index (χ0) is 17.9. The first-order chi connectivity index (χ1) is 11.7. The number of amides is 1. The number of nitrogens with zero attached hydrogens (tertiary/aromatic N) is 2. The molecule has 2 aromatic rings. The quantitative estimate of drug-likeness (QED) is 0.851. The molecule has 1 N–H and O–H groups in total. The lowest BCUT2D eigenvalue weighted by atomic mass is 9.39. The van der Waals surface area contributed by atoms with Crippen LogP contribution in [0.3, 0.4) is 0 Å². The molecule has 3 aliphatic carbocycles. The maximum Gasteiger partial charge on any atom is 0.408 e. The standard InChI is InChI=1S/C18H20ClN3O2S/c1-16(2,3)24-15(23)21-18-8-17(9-18,10-18)14-20-13(22-25-14)11-4-6-12(19)7-5-11/h4-7H,8-10H2,1-3H3,(H,21,23). The van der Waals surface area contributed by atoms with Crippen LogP contribution in [0.5, 0.6) is 0 Å². The molecular formula is C18H20ClN3O2S. The first-order valence-corrected chi connectivity index (χ1v) is 9.45. The molecule has 1 aromatic carbocycles. The average molecular weight is 378 g/mol. The van der Waals surface area contributed by atoms with E-state index in [2.05, 4.69) is 9.69 Å². The lowest BCUT2D eigenvalue weighted by molar-refractivity contribution is -0.0884. The molecule has 25 heavy (non-hydrogen) atoms. The molecule has 3 aliphatic rings. The van der Waals surface area contributed by atoms with Gasteiger partial charge in [-0.05, 0) is 75.8 Å². The van der Waals surface area contributed by atoms with Crippen LogP contribution < -0.4 is 5.32 Å². The van der Waals surface area contributed by atoms with Gasteiger partial charge in [-0.25, -0.2) is 9.78 Å². The molecule has 3 saturated carbocycles. The summed E-state index contributed by atoms with van der Waals surface area (Å²) in [6.45, 7) is 5.61. The molecule has 0 radical (unpaired) electrons. The Bertz CT molecular complexity index is 806. The number of carbonyl (C=O) groups excluding carboxylic acids is 1. The van der Waals surface area contributed by atoms with Gasteiger partial charge in [-0.1, -0.05) is 11.6 Å². The van der Waals surface area contributed by atoms with Crippen LogP contribution in [0.1, 0.15) is 45.0 Å². The fourth-order valence-corrected chi connectivity index (χ4v) is 4.81. The van der Waals surface area contributed by atoms with E-state index in [0.717, 1.165) is 35.7 Å². The van der Waals surface area contributed by atoms with E-state index in [-0.39, 0.29) is 17.0 Å². The van der Waals surface area contributed by atoms with Crippen LogP contribution in [0, 0.1) is 0 Å². The van der Waals surface area contributed by atoms with E-state index in [1.165, 1.54) is 11.5 Å². The fourth-order valence-electron chi connectivity index (χ4n) is 3.82. The summed E-state index contributed by atoms with van der Waals surface area (Å²) in [7, 11) is 0. The van der Waals surface area contributed by atoms with E-state index >= 15 is 0 Å². The van der Waals surface area contributed by atoms with Gasteiger partial charge in [0.15, 0.2) is 5.82 Å². The lowest BCUT2D eigenvalue weighted by Crippen LogP contribution is -2.76. The molecule has 0 aliphatic heterocycles. The highest BCUT2D eigenvalue weighted by Crippen LogP contribution is 2.68. The van der Waals surface area contributed by atoms with Gasteiger partial charge in [0, 0.05) is 21.5 Å². The van der Waals surface area contributed by atoms with Crippen LogP contribution >= 0.6 is 23.1 Å². The summed E-state index contributed by atoms with van der Waals surface area (Å²) >= 11 is 7.39. The van der Waals surface area contributed by atoms with Crippen molar-refractivity contribution in [2.75, 3.05) is 0 Å². The Balaban J connectivity index is 1.40. The zero-order valence-electron chi connectivity index (χ0n) is 14.4. The summed E-state index contributed by atoms with van der Waals surface area (Å²) in [4.78, 5) is 16.7. The minimum absolute atomic E-state index is 0.0807. The molecule has 132 valence electrons. The highest BCUT2D eigenvalue weighted by atomic mass is 35.5. The molecule has 1 aromatic heterocycles. The van der Waals surface area contributed by atoms with Gasteiger partial charge in [0.05, 0.1) is 0 Å². The number of rotatable bonds is 3. The van der Waals surface area contributed by atoms with Gasteiger partial charge in [0.1, 0.15) is 10.6 Å². The molecule has 0 unspecified atom stereocenters. The third-order valence-electron chi connectivity index (χ3n) is 4.78. The van der Waals surface area contributed by atoms with Gasteiger partial charge in [0.2, 0.25) is 0 Å². The van der Waals surface area contributed by atoms with Crippen molar-refractivity contribution in [2.45, 2.75) is 56.6 Å². The number of hydrogen-bond donors (Lipinski definition) is 1. The van der Waals surface area contributed by atoms with Crippen molar-refractivity contribution in [1.29, 1.82) is 0 Å². The molecule has 3 fully saturated rings. The van der Waals surface area contributed by atoms with Gasteiger partial charge in [0.25, 0.3) is 0 Å². The first kappa shape index (κ1) is 16.8. The van der Waals surface area contributed by atoms with Crippen LogP contribution in [0.4, 0.5) is 4.79 Å². The highest BCUT2D eigenvalue weighted by molar-refractivity contribution is 7.05. The van der Waals surface area contributed by atoms with E-state index < -0.39 is 5.60 Å². The van der Waals surface area contributed by atoms with E-state index in [0.29, 0.717) is 5.02 Å².